The lowest BCUT2D eigenvalue weighted by Gasteiger charge is -2.33. The van der Waals surface area contributed by atoms with Crippen LogP contribution < -0.4 is 19.6 Å². The summed E-state index contributed by atoms with van der Waals surface area (Å²) in [6.07, 6.45) is 0. The van der Waals surface area contributed by atoms with E-state index in [1.54, 1.807) is 0 Å². The number of carbonyl (C=O) groups is 1. The molecule has 0 saturated carbocycles. The van der Waals surface area contributed by atoms with Crippen LogP contribution in [0.5, 0.6) is 0 Å². The van der Waals surface area contributed by atoms with Crippen molar-refractivity contribution in [2.75, 3.05) is 19.6 Å². The smallest absolute Gasteiger partial charge is 0.197 e. The maximum atomic E-state index is 16.2. The first-order valence-corrected chi connectivity index (χ1v) is 20.2. The predicted molar refractivity (Wildman–Crippen MR) is 249 cm³/mol. The number of hydrogen-bond donors (Lipinski definition) is 0. The first-order valence-electron chi connectivity index (χ1n) is 20.2. The van der Waals surface area contributed by atoms with Gasteiger partial charge < -0.3 is 19.6 Å². The molecule has 0 unspecified atom stereocenters. The Morgan fingerprint density at radius 2 is 0.567 bits per heavy atom. The fraction of sp³-hybridized carbons (Fsp3) is 0. The van der Waals surface area contributed by atoms with Crippen molar-refractivity contribution in [3.05, 3.63) is 254 Å². The van der Waals surface area contributed by atoms with Crippen LogP contribution in [0.3, 0.4) is 0 Å². The van der Waals surface area contributed by atoms with Crippen LogP contribution in [0.25, 0.3) is 0 Å². The Balaban J connectivity index is 1.32. The molecule has 0 amide bonds. The predicted octanol–water partition coefficient (Wildman–Crippen LogP) is 15.1. The third kappa shape index (κ3) is 6.74. The van der Waals surface area contributed by atoms with Gasteiger partial charge in [-0.15, -0.1) is 0 Å². The lowest BCUT2D eigenvalue weighted by molar-refractivity contribution is 0.104. The van der Waals surface area contributed by atoms with Gasteiger partial charge in [0.25, 0.3) is 0 Å². The van der Waals surface area contributed by atoms with Crippen molar-refractivity contribution in [3.63, 3.8) is 0 Å². The zero-order valence-electron chi connectivity index (χ0n) is 32.8. The minimum Gasteiger partial charge on any atom is -0.310 e. The summed E-state index contributed by atoms with van der Waals surface area (Å²) in [5, 5.41) is 0. The highest BCUT2D eigenvalue weighted by Gasteiger charge is 2.30. The highest BCUT2D eigenvalue weighted by Crippen LogP contribution is 2.50. The molecule has 0 atom stereocenters. The fourth-order valence-corrected chi connectivity index (χ4v) is 8.24. The van der Waals surface area contributed by atoms with Gasteiger partial charge in [0, 0.05) is 56.6 Å². The van der Waals surface area contributed by atoms with E-state index in [1.165, 1.54) is 0 Å². The maximum Gasteiger partial charge on any atom is 0.197 e. The second-order valence-electron chi connectivity index (χ2n) is 14.6. The van der Waals surface area contributed by atoms with Crippen LogP contribution in [0.1, 0.15) is 15.9 Å². The maximum absolute atomic E-state index is 16.2. The Bertz CT molecular complexity index is 2610. The van der Waals surface area contributed by atoms with Gasteiger partial charge >= 0.3 is 0 Å². The molecule has 9 aromatic carbocycles. The molecule has 0 saturated heterocycles. The topological polar surface area (TPSA) is 30.0 Å². The Labute approximate surface area is 350 Å². The van der Waals surface area contributed by atoms with Gasteiger partial charge in [0.2, 0.25) is 0 Å². The molecule has 0 N–H and O–H groups in total. The summed E-state index contributed by atoms with van der Waals surface area (Å²) >= 11 is 0. The van der Waals surface area contributed by atoms with Crippen molar-refractivity contribution in [3.8, 4) is 0 Å². The second-order valence-corrected chi connectivity index (χ2v) is 14.6. The number of benzene rings is 9. The van der Waals surface area contributed by atoms with E-state index in [9.17, 15) is 0 Å². The first-order chi connectivity index (χ1) is 29.7. The van der Waals surface area contributed by atoms with Crippen molar-refractivity contribution in [1.82, 2.24) is 0 Å². The van der Waals surface area contributed by atoms with Gasteiger partial charge in [-0.3, -0.25) is 4.79 Å². The fourth-order valence-electron chi connectivity index (χ4n) is 8.24. The summed E-state index contributed by atoms with van der Waals surface area (Å²) in [5.41, 5.74) is 12.0. The highest BCUT2D eigenvalue weighted by atomic mass is 16.1. The molecule has 0 radical (unpaired) electrons. The molecule has 0 spiro atoms. The Morgan fingerprint density at radius 3 is 0.883 bits per heavy atom. The molecule has 4 bridgehead atoms. The van der Waals surface area contributed by atoms with Gasteiger partial charge in [0.05, 0.1) is 22.7 Å². The van der Waals surface area contributed by atoms with E-state index in [2.05, 4.69) is 177 Å². The molecule has 0 aromatic heterocycles. The number of anilines is 12. The third-order valence-corrected chi connectivity index (χ3v) is 10.9. The number of para-hydroxylation sites is 8. The van der Waals surface area contributed by atoms with E-state index in [-0.39, 0.29) is 5.78 Å². The van der Waals surface area contributed by atoms with Crippen LogP contribution in [0.2, 0.25) is 0 Å². The zero-order chi connectivity index (χ0) is 40.3. The van der Waals surface area contributed by atoms with Gasteiger partial charge in [-0.25, -0.2) is 0 Å². The van der Waals surface area contributed by atoms with Crippen LogP contribution in [-0.2, 0) is 0 Å². The van der Waals surface area contributed by atoms with Crippen LogP contribution in [0.4, 0.5) is 68.2 Å². The second kappa shape index (κ2) is 16.0. The molecule has 1 aliphatic heterocycles. The summed E-state index contributed by atoms with van der Waals surface area (Å²) in [4.78, 5) is 25.1. The van der Waals surface area contributed by atoms with Crippen LogP contribution in [0.15, 0.2) is 243 Å². The summed E-state index contributed by atoms with van der Waals surface area (Å²) in [6.45, 7) is 0. The van der Waals surface area contributed by atoms with Crippen LogP contribution in [-0.4, -0.2) is 5.78 Å². The van der Waals surface area contributed by atoms with E-state index < -0.39 is 0 Å². The van der Waals surface area contributed by atoms with E-state index >= 15 is 4.79 Å². The Kier molecular flexibility index (Phi) is 9.66. The van der Waals surface area contributed by atoms with Gasteiger partial charge in [-0.2, -0.15) is 0 Å². The molecular formula is C55H40N4O. The average molecular weight is 773 g/mol. The lowest BCUT2D eigenvalue weighted by atomic mass is 9.96. The molecule has 5 nitrogen and oxygen atoms in total. The van der Waals surface area contributed by atoms with Crippen molar-refractivity contribution in [2.24, 2.45) is 0 Å². The third-order valence-electron chi connectivity index (χ3n) is 10.9. The number of fused-ring (bicyclic) bond motifs is 5. The van der Waals surface area contributed by atoms with Crippen LogP contribution in [0, 0.1) is 0 Å². The quantitative estimate of drug-likeness (QED) is 0.153. The zero-order valence-corrected chi connectivity index (χ0v) is 32.8. The Hall–Kier alpha value is -8.15. The standard InChI is InChI=1S/C55H40N4O/c60-55-49-39-47(35-37-51(49)56(41-21-7-1-8-22-41)42-23-9-2-10-24-42)58(45-29-15-5-16-30-45)53-33-19-20-34-54(53)59(46-31-17-6-18-32-46)48-36-38-52(50(55)40-48)57(43-25-11-3-12-26-43)44-27-13-4-14-28-44/h1-40H. The van der Waals surface area contributed by atoms with Gasteiger partial charge in [0.1, 0.15) is 0 Å². The minimum atomic E-state index is -0.107. The number of carbonyl (C=O) groups excluding carboxylic acids is 1. The molecule has 0 aliphatic carbocycles. The summed E-state index contributed by atoms with van der Waals surface area (Å²) in [5.74, 6) is -0.107. The van der Waals surface area contributed by atoms with Gasteiger partial charge in [-0.05, 0) is 121 Å². The van der Waals surface area contributed by atoms with Crippen molar-refractivity contribution in [1.29, 1.82) is 0 Å². The van der Waals surface area contributed by atoms with Crippen molar-refractivity contribution < 1.29 is 4.79 Å². The lowest BCUT2D eigenvalue weighted by Crippen LogP contribution is -2.19. The molecule has 0 fully saturated rings. The number of ketones is 1. The van der Waals surface area contributed by atoms with Crippen molar-refractivity contribution in [2.45, 2.75) is 0 Å². The SMILES string of the molecule is O=C1c2cc(ccc2N(c2ccccc2)c2ccccc2)N(c2ccccc2)c2ccccc2N(c2ccccc2)c2ccc(N(c3ccccc3)c3ccccc3)c1c2. The van der Waals surface area contributed by atoms with Gasteiger partial charge in [0.15, 0.2) is 5.78 Å². The summed E-state index contributed by atoms with van der Waals surface area (Å²) in [6, 6.07) is 83.0. The first kappa shape index (κ1) is 36.2. The summed E-state index contributed by atoms with van der Waals surface area (Å²) < 4.78 is 0. The molecule has 1 heterocycles. The molecule has 9 aromatic rings. The summed E-state index contributed by atoms with van der Waals surface area (Å²) in [7, 11) is 0. The van der Waals surface area contributed by atoms with E-state index in [4.69, 9.17) is 0 Å². The van der Waals surface area contributed by atoms with E-state index in [1.807, 2.05) is 84.9 Å². The van der Waals surface area contributed by atoms with E-state index in [0.717, 1.165) is 68.2 Å². The normalized spacial score (nSPS) is 12.0. The highest BCUT2D eigenvalue weighted by molar-refractivity contribution is 6.18. The molecule has 5 heteroatoms. The monoisotopic (exact) mass is 772 g/mol. The molecule has 10 rings (SSSR count). The van der Waals surface area contributed by atoms with E-state index in [0.29, 0.717) is 11.1 Å². The Morgan fingerprint density at radius 1 is 0.283 bits per heavy atom. The molecule has 286 valence electrons. The molecule has 1 aliphatic rings. The molecule has 60 heavy (non-hydrogen) atoms. The number of hydrogen-bond acceptors (Lipinski definition) is 5. The number of nitrogens with zero attached hydrogens (tertiary/aromatic N) is 4. The van der Waals surface area contributed by atoms with Crippen molar-refractivity contribution >= 4 is 74.0 Å². The van der Waals surface area contributed by atoms with Crippen LogP contribution >= 0.6 is 0 Å². The van der Waals surface area contributed by atoms with Gasteiger partial charge in [-0.1, -0.05) is 121 Å². The largest absolute Gasteiger partial charge is 0.310 e. The number of rotatable bonds is 8. The molecular weight excluding hydrogens is 733 g/mol. The minimum absolute atomic E-state index is 0.107. The average Bonchev–Trinajstić information content (AvgIpc) is 3.33.